The van der Waals surface area contributed by atoms with Gasteiger partial charge in [-0.3, -0.25) is 4.79 Å². The predicted molar refractivity (Wildman–Crippen MR) is 51.1 cm³/mol. The zero-order valence-corrected chi connectivity index (χ0v) is 8.45. The van der Waals surface area contributed by atoms with Crippen LogP contribution in [0.25, 0.3) is 0 Å². The minimum absolute atomic E-state index is 0.471. The summed E-state index contributed by atoms with van der Waals surface area (Å²) < 4.78 is 5.32. The number of carboxylic acid groups (broad SMARTS) is 1. The number of rotatable bonds is 2. The quantitative estimate of drug-likeness (QED) is 0.679. The van der Waals surface area contributed by atoms with Crippen molar-refractivity contribution in [3.8, 4) is 0 Å². The molecule has 2 aliphatic rings. The molecule has 14 heavy (non-hydrogen) atoms. The molecule has 2 fully saturated rings. The smallest absolute Gasteiger partial charge is 0.323 e. The van der Waals surface area contributed by atoms with Crippen molar-refractivity contribution in [1.82, 2.24) is 5.32 Å². The van der Waals surface area contributed by atoms with Gasteiger partial charge in [-0.1, -0.05) is 0 Å². The van der Waals surface area contributed by atoms with Crippen LogP contribution in [0.3, 0.4) is 0 Å². The number of hydrogen-bond donors (Lipinski definition) is 2. The maximum absolute atomic E-state index is 11.0. The first-order valence-electron chi connectivity index (χ1n) is 5.18. The second-order valence-electron chi connectivity index (χ2n) is 4.61. The van der Waals surface area contributed by atoms with Crippen LogP contribution < -0.4 is 5.32 Å². The maximum atomic E-state index is 11.0. The number of aliphatic carboxylic acids is 1. The van der Waals surface area contributed by atoms with Crippen LogP contribution >= 0.6 is 0 Å². The summed E-state index contributed by atoms with van der Waals surface area (Å²) in [7, 11) is 0. The Morgan fingerprint density at radius 3 is 2.86 bits per heavy atom. The van der Waals surface area contributed by atoms with Gasteiger partial charge in [0.2, 0.25) is 0 Å². The molecule has 2 rings (SSSR count). The average molecular weight is 199 g/mol. The SMILES string of the molecule is CC1(C(=O)O)CC(C2CCOC2)CN1. The van der Waals surface area contributed by atoms with Crippen LogP contribution in [0.4, 0.5) is 0 Å². The van der Waals surface area contributed by atoms with Crippen molar-refractivity contribution in [3.63, 3.8) is 0 Å². The van der Waals surface area contributed by atoms with E-state index in [4.69, 9.17) is 9.84 Å². The van der Waals surface area contributed by atoms with E-state index in [0.717, 1.165) is 32.6 Å². The number of ether oxygens (including phenoxy) is 1. The molecule has 4 nitrogen and oxygen atoms in total. The second-order valence-corrected chi connectivity index (χ2v) is 4.61. The van der Waals surface area contributed by atoms with Gasteiger partial charge >= 0.3 is 5.97 Å². The molecule has 0 aromatic carbocycles. The first-order chi connectivity index (χ1) is 6.62. The van der Waals surface area contributed by atoms with E-state index in [2.05, 4.69) is 5.32 Å². The van der Waals surface area contributed by atoms with Crippen LogP contribution in [0.5, 0.6) is 0 Å². The van der Waals surface area contributed by atoms with Gasteiger partial charge in [0.15, 0.2) is 0 Å². The maximum Gasteiger partial charge on any atom is 0.323 e. The molecule has 4 heteroatoms. The monoisotopic (exact) mass is 199 g/mol. The summed E-state index contributed by atoms with van der Waals surface area (Å²) in [6.07, 6.45) is 1.82. The van der Waals surface area contributed by atoms with Crippen molar-refractivity contribution in [2.24, 2.45) is 11.8 Å². The van der Waals surface area contributed by atoms with Gasteiger partial charge in [-0.05, 0) is 38.1 Å². The Bertz CT molecular complexity index is 238. The molecule has 2 saturated heterocycles. The molecule has 0 aliphatic carbocycles. The van der Waals surface area contributed by atoms with E-state index in [-0.39, 0.29) is 0 Å². The number of carboxylic acids is 1. The molecule has 3 atom stereocenters. The van der Waals surface area contributed by atoms with Gasteiger partial charge in [0, 0.05) is 13.2 Å². The van der Waals surface area contributed by atoms with Crippen molar-refractivity contribution in [2.45, 2.75) is 25.3 Å². The van der Waals surface area contributed by atoms with E-state index in [9.17, 15) is 4.79 Å². The third-order valence-electron chi connectivity index (χ3n) is 3.53. The highest BCUT2D eigenvalue weighted by molar-refractivity contribution is 5.78. The lowest BCUT2D eigenvalue weighted by atomic mass is 9.85. The molecule has 0 bridgehead atoms. The van der Waals surface area contributed by atoms with Gasteiger partial charge in [-0.25, -0.2) is 0 Å². The summed E-state index contributed by atoms with van der Waals surface area (Å²) in [5.41, 5.74) is -0.715. The molecular formula is C10H17NO3. The first kappa shape index (κ1) is 9.93. The zero-order chi connectivity index (χ0) is 10.2. The fourth-order valence-corrected chi connectivity index (χ4v) is 2.45. The van der Waals surface area contributed by atoms with Gasteiger partial charge < -0.3 is 15.2 Å². The van der Waals surface area contributed by atoms with E-state index in [1.54, 1.807) is 6.92 Å². The summed E-state index contributed by atoms with van der Waals surface area (Å²) in [5.74, 6) is 0.293. The Hall–Kier alpha value is -0.610. The lowest BCUT2D eigenvalue weighted by Crippen LogP contribution is -2.44. The predicted octanol–water partition coefficient (Wildman–Crippen LogP) is 0.476. The fraction of sp³-hybridized carbons (Fsp3) is 0.900. The van der Waals surface area contributed by atoms with E-state index >= 15 is 0 Å². The summed E-state index contributed by atoms with van der Waals surface area (Å²) in [6.45, 7) is 4.23. The second kappa shape index (κ2) is 3.51. The lowest BCUT2D eigenvalue weighted by molar-refractivity contribution is -0.143. The van der Waals surface area contributed by atoms with E-state index in [1.807, 2.05) is 0 Å². The minimum atomic E-state index is -0.737. The van der Waals surface area contributed by atoms with Gasteiger partial charge in [-0.2, -0.15) is 0 Å². The Kier molecular flexibility index (Phi) is 2.49. The summed E-state index contributed by atoms with van der Waals surface area (Å²) >= 11 is 0. The Morgan fingerprint density at radius 2 is 2.36 bits per heavy atom. The van der Waals surface area contributed by atoms with Crippen LogP contribution in [0, 0.1) is 11.8 Å². The largest absolute Gasteiger partial charge is 0.480 e. The molecule has 3 unspecified atom stereocenters. The zero-order valence-electron chi connectivity index (χ0n) is 8.45. The van der Waals surface area contributed by atoms with Crippen molar-refractivity contribution >= 4 is 5.97 Å². The van der Waals surface area contributed by atoms with Crippen LogP contribution in [0.1, 0.15) is 19.8 Å². The highest BCUT2D eigenvalue weighted by Gasteiger charge is 2.44. The molecule has 2 aliphatic heterocycles. The molecule has 0 radical (unpaired) electrons. The molecule has 0 spiro atoms. The van der Waals surface area contributed by atoms with Crippen LogP contribution in [-0.4, -0.2) is 36.4 Å². The summed E-state index contributed by atoms with van der Waals surface area (Å²) in [4.78, 5) is 11.0. The molecule has 0 saturated carbocycles. The average Bonchev–Trinajstić information content (AvgIpc) is 2.72. The number of carbonyl (C=O) groups is 1. The van der Waals surface area contributed by atoms with Crippen molar-refractivity contribution in [1.29, 1.82) is 0 Å². The molecule has 2 heterocycles. The highest BCUT2D eigenvalue weighted by atomic mass is 16.5. The fourth-order valence-electron chi connectivity index (χ4n) is 2.45. The Balaban J connectivity index is 1.96. The topological polar surface area (TPSA) is 58.6 Å². The van der Waals surface area contributed by atoms with Gasteiger partial charge in [0.1, 0.15) is 5.54 Å². The Labute approximate surface area is 83.6 Å². The highest BCUT2D eigenvalue weighted by Crippen LogP contribution is 2.33. The standard InChI is InChI=1S/C10H17NO3/c1-10(9(12)13)4-8(5-11-10)7-2-3-14-6-7/h7-8,11H,2-6H2,1H3,(H,12,13). The van der Waals surface area contributed by atoms with Gasteiger partial charge in [-0.15, -0.1) is 0 Å². The molecule has 80 valence electrons. The van der Waals surface area contributed by atoms with Crippen molar-refractivity contribution in [2.75, 3.05) is 19.8 Å². The third kappa shape index (κ3) is 1.64. The molecule has 0 aromatic heterocycles. The minimum Gasteiger partial charge on any atom is -0.480 e. The normalized spacial score (nSPS) is 42.9. The lowest BCUT2D eigenvalue weighted by Gasteiger charge is -2.19. The van der Waals surface area contributed by atoms with Gasteiger partial charge in [0.25, 0.3) is 0 Å². The molecule has 2 N–H and O–H groups in total. The van der Waals surface area contributed by atoms with Crippen molar-refractivity contribution < 1.29 is 14.6 Å². The molecular weight excluding hydrogens is 182 g/mol. The van der Waals surface area contributed by atoms with E-state index in [0.29, 0.717) is 11.8 Å². The third-order valence-corrected chi connectivity index (χ3v) is 3.53. The number of nitrogens with one attached hydrogen (secondary N) is 1. The summed E-state index contributed by atoms with van der Waals surface area (Å²) in [5, 5.41) is 12.1. The summed E-state index contributed by atoms with van der Waals surface area (Å²) in [6, 6.07) is 0. The first-order valence-corrected chi connectivity index (χ1v) is 5.18. The molecule has 0 amide bonds. The van der Waals surface area contributed by atoms with E-state index < -0.39 is 11.5 Å². The van der Waals surface area contributed by atoms with Crippen LogP contribution in [-0.2, 0) is 9.53 Å². The Morgan fingerprint density at radius 1 is 1.57 bits per heavy atom. The van der Waals surface area contributed by atoms with E-state index in [1.165, 1.54) is 0 Å². The van der Waals surface area contributed by atoms with Crippen molar-refractivity contribution in [3.05, 3.63) is 0 Å². The van der Waals surface area contributed by atoms with Gasteiger partial charge in [0.05, 0.1) is 0 Å². The molecule has 0 aromatic rings. The van der Waals surface area contributed by atoms with Crippen LogP contribution in [0.15, 0.2) is 0 Å². The number of hydrogen-bond acceptors (Lipinski definition) is 3. The van der Waals surface area contributed by atoms with Crippen LogP contribution in [0.2, 0.25) is 0 Å².